The van der Waals surface area contributed by atoms with Gasteiger partial charge in [-0.3, -0.25) is 24.1 Å². The molecule has 8 nitrogen and oxygen atoms in total. The molecule has 2 heterocycles. The second-order valence-corrected chi connectivity index (χ2v) is 8.33. The summed E-state index contributed by atoms with van der Waals surface area (Å²) in [6, 6.07) is 15.2. The Labute approximate surface area is 198 Å². The van der Waals surface area contributed by atoms with E-state index in [4.69, 9.17) is 9.47 Å². The van der Waals surface area contributed by atoms with Crippen LogP contribution < -0.4 is 4.90 Å². The van der Waals surface area contributed by atoms with Crippen LogP contribution >= 0.6 is 0 Å². The predicted molar refractivity (Wildman–Crippen MR) is 123 cm³/mol. The molecular weight excluding hydrogens is 436 g/mol. The molecule has 2 aliphatic rings. The highest BCUT2D eigenvalue weighted by atomic mass is 16.5. The van der Waals surface area contributed by atoms with E-state index in [1.807, 2.05) is 37.3 Å². The van der Waals surface area contributed by atoms with Crippen molar-refractivity contribution in [3.8, 4) is 0 Å². The summed E-state index contributed by atoms with van der Waals surface area (Å²) in [5.41, 5.74) is 1.24. The van der Waals surface area contributed by atoms with Crippen LogP contribution in [0.4, 0.5) is 5.69 Å². The van der Waals surface area contributed by atoms with Crippen molar-refractivity contribution in [2.24, 2.45) is 11.8 Å². The van der Waals surface area contributed by atoms with Crippen LogP contribution in [0.1, 0.15) is 32.4 Å². The zero-order chi connectivity index (χ0) is 24.4. The summed E-state index contributed by atoms with van der Waals surface area (Å²) in [5, 5.41) is 0. The number of likely N-dealkylation sites (tertiary alicyclic amines) is 1. The lowest BCUT2D eigenvalue weighted by atomic mass is 9.89. The Balaban J connectivity index is 1.85. The number of hydrogen-bond acceptors (Lipinski definition) is 7. The Hall–Kier alpha value is -3.52. The summed E-state index contributed by atoms with van der Waals surface area (Å²) < 4.78 is 10.7. The molecule has 4 rings (SSSR count). The maximum Gasteiger partial charge on any atom is 0.324 e. The molecule has 2 saturated heterocycles. The molecule has 178 valence electrons. The smallest absolute Gasteiger partial charge is 0.324 e. The van der Waals surface area contributed by atoms with E-state index in [0.29, 0.717) is 5.69 Å². The number of nitrogens with zero attached hydrogens (tertiary/aromatic N) is 2. The van der Waals surface area contributed by atoms with E-state index in [1.54, 1.807) is 49.1 Å². The van der Waals surface area contributed by atoms with Crippen molar-refractivity contribution in [2.75, 3.05) is 18.1 Å². The first-order chi connectivity index (χ1) is 16.4. The minimum absolute atomic E-state index is 0.106. The van der Waals surface area contributed by atoms with E-state index in [1.165, 1.54) is 0 Å². The van der Waals surface area contributed by atoms with Gasteiger partial charge in [0, 0.05) is 6.04 Å². The number of carbonyl (C=O) groups is 4. The van der Waals surface area contributed by atoms with E-state index >= 15 is 0 Å². The summed E-state index contributed by atoms with van der Waals surface area (Å²) in [7, 11) is 0. The van der Waals surface area contributed by atoms with Crippen LogP contribution in [0.15, 0.2) is 60.7 Å². The third-order valence-electron chi connectivity index (χ3n) is 6.52. The summed E-state index contributed by atoms with van der Waals surface area (Å²) in [6.07, 6.45) is 0. The zero-order valence-corrected chi connectivity index (χ0v) is 19.4. The van der Waals surface area contributed by atoms with Crippen LogP contribution in [0.2, 0.25) is 0 Å². The van der Waals surface area contributed by atoms with E-state index < -0.39 is 53.7 Å². The third-order valence-corrected chi connectivity index (χ3v) is 6.52. The number of rotatable bonds is 7. The minimum atomic E-state index is -1.11. The highest BCUT2D eigenvalue weighted by Crippen LogP contribution is 2.48. The fourth-order valence-corrected chi connectivity index (χ4v) is 5.13. The number of para-hydroxylation sites is 1. The summed E-state index contributed by atoms with van der Waals surface area (Å²) in [5.74, 6) is -4.43. The molecule has 0 aromatic heterocycles. The average molecular weight is 465 g/mol. The van der Waals surface area contributed by atoms with Gasteiger partial charge in [-0.15, -0.1) is 0 Å². The number of fused-ring (bicyclic) bond motifs is 1. The average Bonchev–Trinajstić information content (AvgIpc) is 3.33. The highest BCUT2D eigenvalue weighted by molar-refractivity contribution is 6.24. The van der Waals surface area contributed by atoms with Gasteiger partial charge in [0.25, 0.3) is 0 Å². The number of carbonyl (C=O) groups excluding carboxylic acids is 4. The van der Waals surface area contributed by atoms with Crippen LogP contribution in [0, 0.1) is 11.8 Å². The predicted octanol–water partition coefficient (Wildman–Crippen LogP) is 2.73. The number of imide groups is 1. The summed E-state index contributed by atoms with van der Waals surface area (Å²) in [6.45, 7) is 5.41. The van der Waals surface area contributed by atoms with Gasteiger partial charge in [0.15, 0.2) is 0 Å². The molecule has 0 radical (unpaired) electrons. The van der Waals surface area contributed by atoms with Crippen molar-refractivity contribution < 1.29 is 28.7 Å². The molecule has 0 aliphatic carbocycles. The van der Waals surface area contributed by atoms with Gasteiger partial charge in [-0.25, -0.2) is 4.90 Å². The zero-order valence-electron chi connectivity index (χ0n) is 19.4. The van der Waals surface area contributed by atoms with Crippen molar-refractivity contribution >= 4 is 29.4 Å². The van der Waals surface area contributed by atoms with Crippen LogP contribution in [-0.4, -0.2) is 54.0 Å². The van der Waals surface area contributed by atoms with Gasteiger partial charge >= 0.3 is 11.9 Å². The van der Waals surface area contributed by atoms with Gasteiger partial charge < -0.3 is 9.47 Å². The first kappa shape index (κ1) is 23.6. The maximum atomic E-state index is 13.7. The number of ether oxygens (including phenoxy) is 2. The molecule has 34 heavy (non-hydrogen) atoms. The van der Waals surface area contributed by atoms with Crippen molar-refractivity contribution in [1.29, 1.82) is 0 Å². The van der Waals surface area contributed by atoms with Crippen LogP contribution in [0.25, 0.3) is 0 Å². The van der Waals surface area contributed by atoms with Gasteiger partial charge in [0.05, 0.1) is 30.7 Å². The van der Waals surface area contributed by atoms with Crippen molar-refractivity contribution in [3.63, 3.8) is 0 Å². The molecular formula is C26H28N2O6. The van der Waals surface area contributed by atoms with Gasteiger partial charge in [-0.2, -0.15) is 0 Å². The fraction of sp³-hybridized carbons (Fsp3) is 0.385. The maximum absolute atomic E-state index is 13.7. The quantitative estimate of drug-likeness (QED) is 0.459. The number of esters is 2. The second kappa shape index (κ2) is 9.77. The van der Waals surface area contributed by atoms with Crippen molar-refractivity contribution in [3.05, 3.63) is 66.2 Å². The summed E-state index contributed by atoms with van der Waals surface area (Å²) >= 11 is 0. The number of benzene rings is 2. The lowest BCUT2D eigenvalue weighted by Gasteiger charge is -2.35. The summed E-state index contributed by atoms with van der Waals surface area (Å²) in [4.78, 5) is 56.6. The van der Waals surface area contributed by atoms with Crippen molar-refractivity contribution in [2.45, 2.75) is 38.9 Å². The molecule has 2 fully saturated rings. The molecule has 0 saturated carbocycles. The lowest BCUT2D eigenvalue weighted by Crippen LogP contribution is -2.52. The third kappa shape index (κ3) is 3.88. The topological polar surface area (TPSA) is 93.2 Å². The molecule has 0 unspecified atom stereocenters. The molecule has 0 N–H and O–H groups in total. The van der Waals surface area contributed by atoms with Gasteiger partial charge in [0.2, 0.25) is 11.8 Å². The Morgan fingerprint density at radius 2 is 1.24 bits per heavy atom. The first-order valence-electron chi connectivity index (χ1n) is 11.5. The number of anilines is 1. The number of hydrogen-bond donors (Lipinski definition) is 0. The lowest BCUT2D eigenvalue weighted by molar-refractivity contribution is -0.158. The molecule has 2 aliphatic heterocycles. The fourth-order valence-electron chi connectivity index (χ4n) is 5.13. The molecule has 0 spiro atoms. The van der Waals surface area contributed by atoms with Crippen molar-refractivity contribution in [1.82, 2.24) is 4.90 Å². The van der Waals surface area contributed by atoms with E-state index in [9.17, 15) is 19.2 Å². The van der Waals surface area contributed by atoms with E-state index in [0.717, 1.165) is 10.5 Å². The van der Waals surface area contributed by atoms with E-state index in [-0.39, 0.29) is 13.2 Å². The molecule has 2 aromatic carbocycles. The Bertz CT molecular complexity index is 1030. The normalized spacial score (nSPS) is 25.2. The second-order valence-electron chi connectivity index (χ2n) is 8.33. The molecule has 2 amide bonds. The Morgan fingerprint density at radius 1 is 0.794 bits per heavy atom. The largest absolute Gasteiger partial charge is 0.465 e. The molecule has 5 atom stereocenters. The first-order valence-corrected chi connectivity index (χ1v) is 11.5. The monoisotopic (exact) mass is 464 g/mol. The Morgan fingerprint density at radius 3 is 1.68 bits per heavy atom. The molecule has 0 bridgehead atoms. The standard InChI is InChI=1S/C26H28N2O6/c1-4-33-25(31)21-19-20(24(30)28(23(19)29)18-14-10-7-11-15-18)22(26(32)34-5-2)27(21)16(3)17-12-8-6-9-13-17/h6-16,19-22H,4-5H2,1-3H3/t16-,19-,20+,21+,22+/m1/s1. The number of amides is 2. The Kier molecular flexibility index (Phi) is 6.79. The van der Waals surface area contributed by atoms with Crippen LogP contribution in [0.5, 0.6) is 0 Å². The van der Waals surface area contributed by atoms with Gasteiger partial charge in [0.1, 0.15) is 12.1 Å². The van der Waals surface area contributed by atoms with Crippen LogP contribution in [0.3, 0.4) is 0 Å². The van der Waals surface area contributed by atoms with Gasteiger partial charge in [-0.1, -0.05) is 48.5 Å². The highest BCUT2D eigenvalue weighted by Gasteiger charge is 2.67. The minimum Gasteiger partial charge on any atom is -0.465 e. The molecule has 2 aromatic rings. The molecule has 8 heteroatoms. The van der Waals surface area contributed by atoms with Crippen LogP contribution in [-0.2, 0) is 28.7 Å². The van der Waals surface area contributed by atoms with E-state index in [2.05, 4.69) is 0 Å². The SMILES string of the molecule is CCOC(=O)[C@@H]1[C@@H]2C(=O)N(c3ccccc3)C(=O)[C@@H]2[C@@H](C(=O)OCC)N1[C@H](C)c1ccccc1. The van der Waals surface area contributed by atoms with Gasteiger partial charge in [-0.05, 0) is 38.5 Å².